The number of aromatic nitrogens is 1. The van der Waals surface area contributed by atoms with Gasteiger partial charge < -0.3 is 5.11 Å². The summed E-state index contributed by atoms with van der Waals surface area (Å²) in [5, 5.41) is 13.2. The first-order chi connectivity index (χ1) is 9.63. The third-order valence-corrected chi connectivity index (χ3v) is 3.15. The third-order valence-electron chi connectivity index (χ3n) is 2.34. The Morgan fingerprint density at radius 1 is 1.30 bits per heavy atom. The number of benzene rings is 1. The zero-order chi connectivity index (χ0) is 14.4. The Bertz CT molecular complexity index is 635. The molecule has 0 aliphatic carbocycles. The van der Waals surface area contributed by atoms with E-state index in [4.69, 9.17) is 5.11 Å². The van der Waals surface area contributed by atoms with Gasteiger partial charge in [-0.1, -0.05) is 30.3 Å². The van der Waals surface area contributed by atoms with Gasteiger partial charge >= 0.3 is 5.97 Å². The Balaban J connectivity index is 1.93. The molecule has 0 fully saturated rings. The number of amides is 1. The second-order valence-electron chi connectivity index (χ2n) is 3.95. The van der Waals surface area contributed by atoms with Crippen LogP contribution in [-0.2, 0) is 16.0 Å². The Hall–Kier alpha value is -2.47. The van der Waals surface area contributed by atoms with Crippen LogP contribution in [-0.4, -0.2) is 22.0 Å². The molecule has 0 spiro atoms. The molecule has 1 amide bonds. The smallest absolute Gasteiger partial charge is 0.309 e. The van der Waals surface area contributed by atoms with E-state index in [2.05, 4.69) is 10.3 Å². The molecule has 0 atom stereocenters. The zero-order valence-corrected chi connectivity index (χ0v) is 11.3. The van der Waals surface area contributed by atoms with Crippen LogP contribution < -0.4 is 5.32 Å². The summed E-state index contributed by atoms with van der Waals surface area (Å²) < 4.78 is 0. The van der Waals surface area contributed by atoms with Crippen molar-refractivity contribution in [2.24, 2.45) is 0 Å². The van der Waals surface area contributed by atoms with Crippen molar-refractivity contribution in [1.29, 1.82) is 0 Å². The highest BCUT2D eigenvalue weighted by Crippen LogP contribution is 2.15. The summed E-state index contributed by atoms with van der Waals surface area (Å²) in [5.74, 6) is -1.25. The largest absolute Gasteiger partial charge is 0.481 e. The SMILES string of the molecule is O=C(O)Cc1csc(NC(=O)/C=C/c2ccccc2)n1. The van der Waals surface area contributed by atoms with Crippen molar-refractivity contribution in [3.63, 3.8) is 0 Å². The molecule has 6 heteroatoms. The molecule has 2 aromatic rings. The van der Waals surface area contributed by atoms with E-state index in [9.17, 15) is 9.59 Å². The molecular weight excluding hydrogens is 276 g/mol. The third kappa shape index (κ3) is 4.33. The normalized spacial score (nSPS) is 10.6. The lowest BCUT2D eigenvalue weighted by atomic mass is 10.2. The molecule has 0 aliphatic rings. The van der Waals surface area contributed by atoms with E-state index in [0.717, 1.165) is 5.56 Å². The van der Waals surface area contributed by atoms with Crippen LogP contribution in [0.2, 0.25) is 0 Å². The molecule has 0 bridgehead atoms. The van der Waals surface area contributed by atoms with Crippen molar-refractivity contribution >= 4 is 34.4 Å². The number of nitrogens with one attached hydrogen (secondary N) is 1. The second kappa shape index (κ2) is 6.63. The summed E-state index contributed by atoms with van der Waals surface area (Å²) >= 11 is 1.20. The lowest BCUT2D eigenvalue weighted by molar-refractivity contribution is -0.136. The quantitative estimate of drug-likeness (QED) is 0.828. The minimum Gasteiger partial charge on any atom is -0.481 e. The molecule has 0 saturated carbocycles. The number of carbonyl (C=O) groups is 2. The van der Waals surface area contributed by atoms with Crippen molar-refractivity contribution in [1.82, 2.24) is 4.98 Å². The number of thiazole rings is 1. The Morgan fingerprint density at radius 3 is 2.75 bits per heavy atom. The van der Waals surface area contributed by atoms with Gasteiger partial charge in [0.2, 0.25) is 5.91 Å². The lowest BCUT2D eigenvalue weighted by Crippen LogP contribution is -2.08. The van der Waals surface area contributed by atoms with E-state index in [1.54, 1.807) is 11.5 Å². The zero-order valence-electron chi connectivity index (χ0n) is 10.4. The Morgan fingerprint density at radius 2 is 2.05 bits per heavy atom. The number of carbonyl (C=O) groups excluding carboxylic acids is 1. The van der Waals surface area contributed by atoms with Gasteiger partial charge in [-0.2, -0.15) is 0 Å². The molecule has 0 radical (unpaired) electrons. The number of rotatable bonds is 5. The molecule has 0 unspecified atom stereocenters. The Kier molecular flexibility index (Phi) is 4.62. The number of carboxylic acid groups (broad SMARTS) is 1. The second-order valence-corrected chi connectivity index (χ2v) is 4.81. The molecular formula is C14H12N2O3S. The van der Waals surface area contributed by atoms with Crippen LogP contribution in [0.1, 0.15) is 11.3 Å². The number of hydrogen-bond acceptors (Lipinski definition) is 4. The van der Waals surface area contributed by atoms with Crippen LogP contribution in [0.4, 0.5) is 5.13 Å². The van der Waals surface area contributed by atoms with Crippen LogP contribution in [0.15, 0.2) is 41.8 Å². The predicted octanol–water partition coefficient (Wildman–Crippen LogP) is 2.42. The fourth-order valence-corrected chi connectivity index (χ4v) is 2.20. The van der Waals surface area contributed by atoms with Gasteiger partial charge in [-0.05, 0) is 11.6 Å². The fourth-order valence-electron chi connectivity index (χ4n) is 1.48. The molecule has 0 saturated heterocycles. The monoisotopic (exact) mass is 288 g/mol. The Labute approximate surface area is 119 Å². The molecule has 20 heavy (non-hydrogen) atoms. The van der Waals surface area contributed by atoms with Crippen LogP contribution in [0.25, 0.3) is 6.08 Å². The average molecular weight is 288 g/mol. The van der Waals surface area contributed by atoms with E-state index >= 15 is 0 Å². The molecule has 2 N–H and O–H groups in total. The van der Waals surface area contributed by atoms with E-state index in [0.29, 0.717) is 10.8 Å². The maximum absolute atomic E-state index is 11.7. The fraction of sp³-hybridized carbons (Fsp3) is 0.0714. The number of nitrogens with zero attached hydrogens (tertiary/aromatic N) is 1. The van der Waals surface area contributed by atoms with Gasteiger partial charge in [-0.15, -0.1) is 11.3 Å². The van der Waals surface area contributed by atoms with Crippen molar-refractivity contribution in [2.75, 3.05) is 5.32 Å². The van der Waals surface area contributed by atoms with Crippen molar-refractivity contribution in [2.45, 2.75) is 6.42 Å². The summed E-state index contributed by atoms with van der Waals surface area (Å²) in [4.78, 5) is 26.2. The van der Waals surface area contributed by atoms with Crippen LogP contribution in [0, 0.1) is 0 Å². The standard InChI is InChI=1S/C14H12N2O3S/c17-12(7-6-10-4-2-1-3-5-10)16-14-15-11(9-20-14)8-13(18)19/h1-7,9H,8H2,(H,18,19)(H,15,16,17)/b7-6+. The highest BCUT2D eigenvalue weighted by molar-refractivity contribution is 7.14. The topological polar surface area (TPSA) is 79.3 Å². The molecule has 1 heterocycles. The van der Waals surface area contributed by atoms with E-state index in [-0.39, 0.29) is 12.3 Å². The number of anilines is 1. The van der Waals surface area contributed by atoms with Gasteiger partial charge in [-0.25, -0.2) is 4.98 Å². The van der Waals surface area contributed by atoms with Gasteiger partial charge in [0.15, 0.2) is 5.13 Å². The minimum absolute atomic E-state index is 0.147. The van der Waals surface area contributed by atoms with Gasteiger partial charge in [0.25, 0.3) is 0 Å². The minimum atomic E-state index is -0.947. The van der Waals surface area contributed by atoms with Crippen LogP contribution in [0.3, 0.4) is 0 Å². The summed E-state index contributed by atoms with van der Waals surface area (Å²) in [6.07, 6.45) is 2.96. The molecule has 1 aromatic heterocycles. The summed E-state index contributed by atoms with van der Waals surface area (Å²) in [6, 6.07) is 9.44. The van der Waals surface area contributed by atoms with Gasteiger partial charge in [0.05, 0.1) is 12.1 Å². The van der Waals surface area contributed by atoms with Crippen LogP contribution in [0.5, 0.6) is 0 Å². The van der Waals surface area contributed by atoms with E-state index in [1.165, 1.54) is 17.4 Å². The first-order valence-corrected chi connectivity index (χ1v) is 6.72. The maximum atomic E-state index is 11.7. The predicted molar refractivity (Wildman–Crippen MR) is 77.6 cm³/mol. The molecule has 102 valence electrons. The van der Waals surface area contributed by atoms with Crippen LogP contribution >= 0.6 is 11.3 Å². The average Bonchev–Trinajstić information content (AvgIpc) is 2.84. The lowest BCUT2D eigenvalue weighted by Gasteiger charge is -1.96. The summed E-state index contributed by atoms with van der Waals surface area (Å²) in [6.45, 7) is 0. The number of aliphatic carboxylic acids is 1. The molecule has 2 rings (SSSR count). The van der Waals surface area contributed by atoms with E-state index < -0.39 is 5.97 Å². The van der Waals surface area contributed by atoms with E-state index in [1.807, 2.05) is 30.3 Å². The molecule has 1 aromatic carbocycles. The summed E-state index contributed by atoms with van der Waals surface area (Å²) in [5.41, 5.74) is 1.36. The van der Waals surface area contributed by atoms with Gasteiger partial charge in [0, 0.05) is 11.5 Å². The summed E-state index contributed by atoms with van der Waals surface area (Å²) in [7, 11) is 0. The maximum Gasteiger partial charge on any atom is 0.309 e. The molecule has 0 aliphatic heterocycles. The van der Waals surface area contributed by atoms with Gasteiger partial charge in [0.1, 0.15) is 0 Å². The first-order valence-electron chi connectivity index (χ1n) is 5.84. The number of carboxylic acids is 1. The highest BCUT2D eigenvalue weighted by Gasteiger charge is 2.07. The first kappa shape index (κ1) is 14.0. The highest BCUT2D eigenvalue weighted by atomic mass is 32.1. The van der Waals surface area contributed by atoms with Crippen molar-refractivity contribution < 1.29 is 14.7 Å². The van der Waals surface area contributed by atoms with Gasteiger partial charge in [-0.3, -0.25) is 14.9 Å². The number of hydrogen-bond donors (Lipinski definition) is 2. The van der Waals surface area contributed by atoms with Crippen molar-refractivity contribution in [3.05, 3.63) is 53.0 Å². The van der Waals surface area contributed by atoms with Crippen molar-refractivity contribution in [3.8, 4) is 0 Å². The molecule has 5 nitrogen and oxygen atoms in total.